The van der Waals surface area contributed by atoms with Crippen molar-refractivity contribution in [3.8, 4) is 0 Å². The molecule has 0 bridgehead atoms. The van der Waals surface area contributed by atoms with Crippen LogP contribution in [0.15, 0.2) is 76.4 Å². The Labute approximate surface area is 201 Å². The average molecular weight is 460 g/mol. The van der Waals surface area contributed by atoms with Crippen molar-refractivity contribution in [1.29, 1.82) is 5.41 Å². The molecule has 1 fully saturated rings. The number of allylic oxidation sites excluding steroid dienone is 4. The van der Waals surface area contributed by atoms with Gasteiger partial charge in [0.05, 0.1) is 11.7 Å². The zero-order valence-electron chi connectivity index (χ0n) is 19.3. The SMILES string of the molecule is C=C1C=C(C2C=CC(CN3CCCC3)=CC2)SCC2=C1NNC2c1ccc(C=N)c(NC)c1. The van der Waals surface area contributed by atoms with Crippen molar-refractivity contribution < 1.29 is 0 Å². The molecule has 3 aliphatic heterocycles. The van der Waals surface area contributed by atoms with Crippen LogP contribution in [0.4, 0.5) is 5.69 Å². The molecule has 0 amide bonds. The molecule has 1 aromatic carbocycles. The number of hydrogen-bond donors (Lipinski definition) is 4. The van der Waals surface area contributed by atoms with Crippen LogP contribution in [0.25, 0.3) is 0 Å². The fraction of sp³-hybridized carbons (Fsp3) is 0.370. The topological polar surface area (TPSA) is 63.2 Å². The Hall–Kier alpha value is -2.54. The van der Waals surface area contributed by atoms with Gasteiger partial charge in [0.1, 0.15) is 0 Å². The molecule has 4 aliphatic rings. The molecular formula is C27H33N5S. The molecule has 33 heavy (non-hydrogen) atoms. The Morgan fingerprint density at radius 1 is 1.30 bits per heavy atom. The fourth-order valence-electron chi connectivity index (χ4n) is 5.13. The maximum atomic E-state index is 7.62. The van der Waals surface area contributed by atoms with Gasteiger partial charge in [0.25, 0.3) is 0 Å². The van der Waals surface area contributed by atoms with Gasteiger partial charge in [-0.05, 0) is 71.7 Å². The van der Waals surface area contributed by atoms with Gasteiger partial charge in [0.15, 0.2) is 0 Å². The molecule has 2 unspecified atom stereocenters. The lowest BCUT2D eigenvalue weighted by atomic mass is 9.94. The van der Waals surface area contributed by atoms with Crippen LogP contribution in [0, 0.1) is 11.3 Å². The Kier molecular flexibility index (Phi) is 6.58. The third-order valence-corrected chi connectivity index (χ3v) is 8.23. The van der Waals surface area contributed by atoms with Crippen LogP contribution < -0.4 is 16.2 Å². The number of nitrogens with zero attached hydrogens (tertiary/aromatic N) is 1. The summed E-state index contributed by atoms with van der Waals surface area (Å²) in [5.74, 6) is 1.36. The molecule has 1 saturated heterocycles. The van der Waals surface area contributed by atoms with Gasteiger partial charge < -0.3 is 16.2 Å². The number of nitrogens with one attached hydrogen (secondary N) is 4. The molecule has 0 aromatic heterocycles. The predicted octanol–water partition coefficient (Wildman–Crippen LogP) is 4.91. The maximum Gasteiger partial charge on any atom is 0.0752 e. The first kappa shape index (κ1) is 22.3. The van der Waals surface area contributed by atoms with Crippen LogP contribution in [0.2, 0.25) is 0 Å². The van der Waals surface area contributed by atoms with Crippen LogP contribution in [0.1, 0.15) is 36.4 Å². The molecule has 6 heteroatoms. The van der Waals surface area contributed by atoms with Crippen molar-refractivity contribution in [2.24, 2.45) is 5.92 Å². The summed E-state index contributed by atoms with van der Waals surface area (Å²) >= 11 is 1.94. The van der Waals surface area contributed by atoms with E-state index < -0.39 is 0 Å². The van der Waals surface area contributed by atoms with E-state index in [-0.39, 0.29) is 6.04 Å². The van der Waals surface area contributed by atoms with Crippen molar-refractivity contribution >= 4 is 23.7 Å². The smallest absolute Gasteiger partial charge is 0.0752 e. The maximum absolute atomic E-state index is 7.62. The van der Waals surface area contributed by atoms with Crippen molar-refractivity contribution in [1.82, 2.24) is 15.8 Å². The van der Waals surface area contributed by atoms with Crippen LogP contribution in [-0.4, -0.2) is 43.5 Å². The van der Waals surface area contributed by atoms with Crippen molar-refractivity contribution in [3.63, 3.8) is 0 Å². The van der Waals surface area contributed by atoms with Crippen molar-refractivity contribution in [3.05, 3.63) is 87.5 Å². The zero-order valence-corrected chi connectivity index (χ0v) is 20.1. The number of thioether (sulfide) groups is 1. The van der Waals surface area contributed by atoms with E-state index in [9.17, 15) is 0 Å². The summed E-state index contributed by atoms with van der Waals surface area (Å²) in [6.45, 7) is 7.98. The highest BCUT2D eigenvalue weighted by Crippen LogP contribution is 2.42. The number of hydrazine groups is 1. The first-order valence-electron chi connectivity index (χ1n) is 11.9. The van der Waals surface area contributed by atoms with Gasteiger partial charge in [-0.3, -0.25) is 4.90 Å². The fourth-order valence-corrected chi connectivity index (χ4v) is 6.38. The lowest BCUT2D eigenvalue weighted by Gasteiger charge is -2.22. The predicted molar refractivity (Wildman–Crippen MR) is 141 cm³/mol. The minimum Gasteiger partial charge on any atom is -0.388 e. The van der Waals surface area contributed by atoms with E-state index in [1.165, 1.54) is 53.8 Å². The Bertz CT molecular complexity index is 1070. The van der Waals surface area contributed by atoms with Crippen molar-refractivity contribution in [2.45, 2.75) is 25.3 Å². The zero-order chi connectivity index (χ0) is 22.8. The molecule has 0 saturated carbocycles. The summed E-state index contributed by atoms with van der Waals surface area (Å²) in [6, 6.07) is 6.35. The minimum absolute atomic E-state index is 0.0951. The molecule has 1 aliphatic carbocycles. The monoisotopic (exact) mass is 459 g/mol. The second-order valence-electron chi connectivity index (χ2n) is 9.17. The molecule has 4 N–H and O–H groups in total. The first-order valence-corrected chi connectivity index (χ1v) is 12.8. The van der Waals surface area contributed by atoms with Gasteiger partial charge in [-0.25, -0.2) is 5.43 Å². The first-order chi connectivity index (χ1) is 16.2. The summed E-state index contributed by atoms with van der Waals surface area (Å²) in [7, 11) is 1.90. The largest absolute Gasteiger partial charge is 0.388 e. The van der Waals surface area contributed by atoms with Crippen LogP contribution >= 0.6 is 11.8 Å². The van der Waals surface area contributed by atoms with Crippen molar-refractivity contribution in [2.75, 3.05) is 37.8 Å². The number of hydrogen-bond acceptors (Lipinski definition) is 6. The Morgan fingerprint density at radius 3 is 2.88 bits per heavy atom. The molecule has 5 rings (SSSR count). The van der Waals surface area contributed by atoms with Crippen LogP contribution in [0.5, 0.6) is 0 Å². The van der Waals surface area contributed by atoms with E-state index in [1.807, 2.05) is 24.9 Å². The average Bonchev–Trinajstić information content (AvgIpc) is 3.48. The lowest BCUT2D eigenvalue weighted by molar-refractivity contribution is 0.370. The van der Waals surface area contributed by atoms with Crippen LogP contribution in [0.3, 0.4) is 0 Å². The second kappa shape index (κ2) is 9.75. The van der Waals surface area contributed by atoms with Gasteiger partial charge in [0, 0.05) is 42.7 Å². The lowest BCUT2D eigenvalue weighted by Crippen LogP contribution is -2.28. The molecule has 172 valence electrons. The van der Waals surface area contributed by atoms with E-state index >= 15 is 0 Å². The van der Waals surface area contributed by atoms with Gasteiger partial charge in [-0.2, -0.15) is 0 Å². The summed E-state index contributed by atoms with van der Waals surface area (Å²) in [5, 5.41) is 10.8. The molecular weight excluding hydrogens is 426 g/mol. The standard InChI is InChI=1S/C27H33N5S/c1-18-13-25(20-7-5-19(6-8-20)16-32-11-3-4-12-32)33-17-23-26(18)30-31-27(23)21-9-10-22(15-28)24(14-21)29-2/h5-7,9-10,13-15,20,27-31H,1,3-4,8,11-12,16-17H2,2H3. The second-order valence-corrected chi connectivity index (χ2v) is 10.2. The van der Waals surface area contributed by atoms with E-state index in [4.69, 9.17) is 5.41 Å². The summed E-state index contributed by atoms with van der Waals surface area (Å²) in [6.07, 6.45) is 14.6. The number of anilines is 1. The van der Waals surface area contributed by atoms with E-state index in [1.54, 1.807) is 0 Å². The Morgan fingerprint density at radius 2 is 2.15 bits per heavy atom. The minimum atomic E-state index is 0.0951. The molecule has 3 heterocycles. The van der Waals surface area contributed by atoms with E-state index in [0.29, 0.717) is 5.92 Å². The summed E-state index contributed by atoms with van der Waals surface area (Å²) < 4.78 is 0. The highest BCUT2D eigenvalue weighted by molar-refractivity contribution is 8.03. The van der Waals surface area contributed by atoms with Gasteiger partial charge in [-0.15, -0.1) is 11.8 Å². The number of rotatable bonds is 6. The van der Waals surface area contributed by atoms with Crippen LogP contribution in [-0.2, 0) is 0 Å². The molecule has 5 nitrogen and oxygen atoms in total. The van der Waals surface area contributed by atoms with E-state index in [2.05, 4.69) is 64.1 Å². The summed E-state index contributed by atoms with van der Waals surface area (Å²) in [4.78, 5) is 3.97. The molecule has 0 spiro atoms. The summed E-state index contributed by atoms with van der Waals surface area (Å²) in [5.41, 5.74) is 14.9. The highest BCUT2D eigenvalue weighted by Gasteiger charge is 2.31. The Balaban J connectivity index is 1.28. The van der Waals surface area contributed by atoms with E-state index in [0.717, 1.165) is 41.2 Å². The third kappa shape index (κ3) is 4.60. The molecule has 0 radical (unpaired) electrons. The quantitative estimate of drug-likeness (QED) is 0.455. The molecule has 2 atom stereocenters. The number of benzene rings is 1. The molecule has 1 aromatic rings. The third-order valence-electron chi connectivity index (χ3n) is 7.03. The van der Waals surface area contributed by atoms with Gasteiger partial charge in [-0.1, -0.05) is 36.9 Å². The normalized spacial score (nSPS) is 25.3. The highest BCUT2D eigenvalue weighted by atomic mass is 32.2. The number of likely N-dealkylation sites (tertiary alicyclic amines) is 1. The van der Waals surface area contributed by atoms with Gasteiger partial charge >= 0.3 is 0 Å². The van der Waals surface area contributed by atoms with Gasteiger partial charge in [0.2, 0.25) is 0 Å².